The van der Waals surface area contributed by atoms with Gasteiger partial charge in [0.05, 0.1) is 16.8 Å². The third kappa shape index (κ3) is 4.84. The van der Waals surface area contributed by atoms with Crippen LogP contribution in [-0.4, -0.2) is 22.8 Å². The van der Waals surface area contributed by atoms with Crippen LogP contribution < -0.4 is 10.6 Å². The molecule has 7 heteroatoms. The van der Waals surface area contributed by atoms with Crippen LogP contribution in [0.25, 0.3) is 10.2 Å². The van der Waals surface area contributed by atoms with Crippen molar-refractivity contribution in [3.8, 4) is 0 Å². The van der Waals surface area contributed by atoms with Crippen LogP contribution in [0, 0.1) is 5.92 Å². The maximum atomic E-state index is 12.6. The number of nitrogens with zero attached hydrogens (tertiary/aromatic N) is 1. The van der Waals surface area contributed by atoms with Crippen molar-refractivity contribution >= 4 is 45.0 Å². The first-order chi connectivity index (χ1) is 12.9. The second-order valence-corrected chi connectivity index (χ2v) is 8.05. The van der Waals surface area contributed by atoms with E-state index in [1.807, 2.05) is 38.1 Å². The molecule has 1 aromatic heterocycles. The molecule has 27 heavy (non-hydrogen) atoms. The molecule has 1 atom stereocenters. The lowest BCUT2D eigenvalue weighted by atomic mass is 10.0. The van der Waals surface area contributed by atoms with Gasteiger partial charge in [-0.15, -0.1) is 11.3 Å². The summed E-state index contributed by atoms with van der Waals surface area (Å²) < 4.78 is 1.08. The first kappa shape index (κ1) is 19.3. The minimum atomic E-state index is -0.637. The molecule has 2 N–H and O–H groups in total. The highest BCUT2D eigenvalue weighted by molar-refractivity contribution is 7.18. The van der Waals surface area contributed by atoms with Gasteiger partial charge in [0.1, 0.15) is 11.0 Å². The summed E-state index contributed by atoms with van der Waals surface area (Å²) in [5.74, 6) is -0.594. The van der Waals surface area contributed by atoms with Crippen LogP contribution in [0.3, 0.4) is 0 Å². The number of hydrogen-bond donors (Lipinski definition) is 2. The average Bonchev–Trinajstić information content (AvgIpc) is 3.07. The lowest BCUT2D eigenvalue weighted by molar-refractivity contribution is -0.124. The minimum absolute atomic E-state index is 0.0587. The van der Waals surface area contributed by atoms with Gasteiger partial charge in [-0.05, 0) is 42.3 Å². The van der Waals surface area contributed by atoms with E-state index in [1.54, 1.807) is 35.6 Å². The predicted molar refractivity (Wildman–Crippen MR) is 109 cm³/mol. The largest absolute Gasteiger partial charge is 0.348 e. The number of amides is 2. The Morgan fingerprint density at radius 3 is 2.48 bits per heavy atom. The normalized spacial score (nSPS) is 12.1. The molecule has 3 rings (SSSR count). The topological polar surface area (TPSA) is 71.1 Å². The first-order valence-corrected chi connectivity index (χ1v) is 9.82. The van der Waals surface area contributed by atoms with Gasteiger partial charge >= 0.3 is 0 Å². The number of halogens is 1. The molecule has 1 unspecified atom stereocenters. The van der Waals surface area contributed by atoms with Gasteiger partial charge in [-0.3, -0.25) is 9.59 Å². The van der Waals surface area contributed by atoms with Gasteiger partial charge in [0.15, 0.2) is 0 Å². The number of nitrogens with one attached hydrogen (secondary N) is 2. The number of para-hydroxylation sites is 1. The number of fused-ring (bicyclic) bond motifs is 1. The van der Waals surface area contributed by atoms with Crippen molar-refractivity contribution < 1.29 is 9.59 Å². The number of benzene rings is 2. The molecular weight excluding hydrogens is 382 g/mol. The quantitative estimate of drug-likeness (QED) is 0.655. The van der Waals surface area contributed by atoms with Gasteiger partial charge in [0.2, 0.25) is 5.91 Å². The van der Waals surface area contributed by atoms with Crippen molar-refractivity contribution in [1.82, 2.24) is 15.6 Å². The monoisotopic (exact) mass is 401 g/mol. The van der Waals surface area contributed by atoms with Crippen molar-refractivity contribution in [3.63, 3.8) is 0 Å². The number of hydrogen-bond acceptors (Lipinski definition) is 4. The van der Waals surface area contributed by atoms with Gasteiger partial charge in [0.25, 0.3) is 5.91 Å². The van der Waals surface area contributed by atoms with Crippen molar-refractivity contribution in [3.05, 3.63) is 64.1 Å². The molecule has 0 bridgehead atoms. The van der Waals surface area contributed by atoms with E-state index in [2.05, 4.69) is 15.6 Å². The SMILES string of the molecule is CC(C)C(NC(=O)c1ccc(Cl)cc1)C(=O)NCc1nc2ccccc2s1. The second-order valence-electron chi connectivity index (χ2n) is 6.50. The summed E-state index contributed by atoms with van der Waals surface area (Å²) in [4.78, 5) is 29.6. The van der Waals surface area contributed by atoms with E-state index in [1.165, 1.54) is 0 Å². The Morgan fingerprint density at radius 2 is 1.81 bits per heavy atom. The van der Waals surface area contributed by atoms with Crippen LogP contribution in [0.5, 0.6) is 0 Å². The molecule has 5 nitrogen and oxygen atoms in total. The Balaban J connectivity index is 1.64. The fourth-order valence-electron chi connectivity index (χ4n) is 2.63. The third-order valence-electron chi connectivity index (χ3n) is 4.09. The number of thiazole rings is 1. The second kappa shape index (κ2) is 8.50. The average molecular weight is 402 g/mol. The fourth-order valence-corrected chi connectivity index (χ4v) is 3.66. The van der Waals surface area contributed by atoms with Gasteiger partial charge in [-0.25, -0.2) is 4.98 Å². The van der Waals surface area contributed by atoms with Crippen molar-refractivity contribution in [2.75, 3.05) is 0 Å². The van der Waals surface area contributed by atoms with Gasteiger partial charge in [0, 0.05) is 10.6 Å². The number of aromatic nitrogens is 1. The zero-order valence-electron chi connectivity index (χ0n) is 15.0. The van der Waals surface area contributed by atoms with E-state index in [4.69, 9.17) is 11.6 Å². The summed E-state index contributed by atoms with van der Waals surface area (Å²) in [5, 5.41) is 7.07. The lowest BCUT2D eigenvalue weighted by Crippen LogP contribution is -2.49. The van der Waals surface area contributed by atoms with Crippen LogP contribution in [0.4, 0.5) is 0 Å². The van der Waals surface area contributed by atoms with Crippen LogP contribution in [-0.2, 0) is 11.3 Å². The van der Waals surface area contributed by atoms with E-state index in [9.17, 15) is 9.59 Å². The van der Waals surface area contributed by atoms with E-state index in [-0.39, 0.29) is 17.7 Å². The maximum Gasteiger partial charge on any atom is 0.251 e. The molecule has 3 aromatic rings. The van der Waals surface area contributed by atoms with Crippen LogP contribution in [0.2, 0.25) is 5.02 Å². The molecule has 0 spiro atoms. The standard InChI is InChI=1S/C20H20ClN3O2S/c1-12(2)18(24-19(25)13-7-9-14(21)10-8-13)20(26)22-11-17-23-15-5-3-4-6-16(15)27-17/h3-10,12,18H,11H2,1-2H3,(H,22,26)(H,24,25). The zero-order chi connectivity index (χ0) is 19.4. The van der Waals surface area contributed by atoms with Gasteiger partial charge in [-0.1, -0.05) is 37.6 Å². The smallest absolute Gasteiger partial charge is 0.251 e. The van der Waals surface area contributed by atoms with Crippen molar-refractivity contribution in [2.24, 2.45) is 5.92 Å². The molecule has 140 valence electrons. The summed E-state index contributed by atoms with van der Waals surface area (Å²) in [6, 6.07) is 13.8. The van der Waals surface area contributed by atoms with Gasteiger partial charge < -0.3 is 10.6 Å². The number of carbonyl (C=O) groups excluding carboxylic acids is 2. The fraction of sp³-hybridized carbons (Fsp3) is 0.250. The molecule has 0 fully saturated rings. The highest BCUT2D eigenvalue weighted by atomic mass is 35.5. The predicted octanol–water partition coefficient (Wildman–Crippen LogP) is 4.02. The molecular formula is C20H20ClN3O2S. The molecule has 0 radical (unpaired) electrons. The summed E-state index contributed by atoms with van der Waals surface area (Å²) in [5.41, 5.74) is 1.38. The van der Waals surface area contributed by atoms with Crippen molar-refractivity contribution in [2.45, 2.75) is 26.4 Å². The molecule has 2 amide bonds. The molecule has 0 saturated carbocycles. The molecule has 0 aliphatic carbocycles. The number of carbonyl (C=O) groups is 2. The molecule has 0 aliphatic rings. The van der Waals surface area contributed by atoms with E-state index in [0.717, 1.165) is 15.2 Å². The summed E-state index contributed by atoms with van der Waals surface area (Å²) in [6.07, 6.45) is 0. The Bertz CT molecular complexity index is 920. The highest BCUT2D eigenvalue weighted by Gasteiger charge is 2.24. The lowest BCUT2D eigenvalue weighted by Gasteiger charge is -2.21. The highest BCUT2D eigenvalue weighted by Crippen LogP contribution is 2.21. The van der Waals surface area contributed by atoms with E-state index >= 15 is 0 Å². The third-order valence-corrected chi connectivity index (χ3v) is 5.38. The number of rotatable bonds is 6. The zero-order valence-corrected chi connectivity index (χ0v) is 16.6. The van der Waals surface area contributed by atoms with Crippen LogP contribution in [0.15, 0.2) is 48.5 Å². The molecule has 2 aromatic carbocycles. The first-order valence-electron chi connectivity index (χ1n) is 8.62. The van der Waals surface area contributed by atoms with Crippen LogP contribution in [0.1, 0.15) is 29.2 Å². The maximum absolute atomic E-state index is 12.6. The molecule has 0 saturated heterocycles. The Hall–Kier alpha value is -2.44. The van der Waals surface area contributed by atoms with Crippen LogP contribution >= 0.6 is 22.9 Å². The Kier molecular flexibility index (Phi) is 6.08. The van der Waals surface area contributed by atoms with E-state index < -0.39 is 6.04 Å². The molecule has 1 heterocycles. The molecule has 0 aliphatic heterocycles. The minimum Gasteiger partial charge on any atom is -0.348 e. The summed E-state index contributed by atoms with van der Waals surface area (Å²) in [7, 11) is 0. The Morgan fingerprint density at radius 1 is 1.11 bits per heavy atom. The Labute approximate surface area is 166 Å². The summed E-state index contributed by atoms with van der Waals surface area (Å²) in [6.45, 7) is 4.12. The summed E-state index contributed by atoms with van der Waals surface area (Å²) >= 11 is 7.40. The van der Waals surface area contributed by atoms with Gasteiger partial charge in [-0.2, -0.15) is 0 Å². The van der Waals surface area contributed by atoms with E-state index in [0.29, 0.717) is 17.1 Å². The van der Waals surface area contributed by atoms with Crippen molar-refractivity contribution in [1.29, 1.82) is 0 Å².